The molecule has 294 valence electrons. The van der Waals surface area contributed by atoms with Gasteiger partial charge in [0.1, 0.15) is 0 Å². The van der Waals surface area contributed by atoms with Crippen LogP contribution in [-0.4, -0.2) is 26.5 Å². The maximum absolute atomic E-state index is 2.45. The summed E-state index contributed by atoms with van der Waals surface area (Å²) >= 11 is -3.91. The summed E-state index contributed by atoms with van der Waals surface area (Å²) < 4.78 is 3.02. The van der Waals surface area contributed by atoms with Crippen molar-refractivity contribution in [1.82, 2.24) is 0 Å². The normalized spacial score (nSPS) is 11.8. The molecule has 0 heterocycles. The topological polar surface area (TPSA) is 6.48 Å². The van der Waals surface area contributed by atoms with E-state index in [0.717, 1.165) is 22.7 Å². The second kappa shape index (κ2) is 16.3. The molecule has 0 aliphatic rings. The van der Waals surface area contributed by atoms with Gasteiger partial charge in [0.15, 0.2) is 0 Å². The van der Waals surface area contributed by atoms with Crippen LogP contribution < -0.4 is 18.6 Å². The van der Waals surface area contributed by atoms with E-state index in [1.807, 2.05) is 0 Å². The third kappa shape index (κ3) is 7.82. The van der Waals surface area contributed by atoms with Gasteiger partial charge in [0, 0.05) is 0 Å². The molecular weight excluding hydrogens is 846 g/mol. The van der Waals surface area contributed by atoms with Crippen molar-refractivity contribution in [2.24, 2.45) is 0 Å². The Labute approximate surface area is 361 Å². The first-order chi connectivity index (χ1) is 29.0. The van der Waals surface area contributed by atoms with Crippen molar-refractivity contribution < 1.29 is 0 Å². The minimum atomic E-state index is -1.95. The molecule has 0 aromatic heterocycles. The number of hydrogen-bond donors (Lipinski definition) is 0. The molecule has 0 saturated carbocycles. The molecule has 0 radical (unpaired) electrons. The molecule has 2 nitrogen and oxygen atoms in total. The van der Waals surface area contributed by atoms with E-state index in [9.17, 15) is 0 Å². The number of hydrogen-bond acceptors (Lipinski definition) is 2. The number of para-hydroxylation sites is 2. The maximum atomic E-state index is 2.45. The van der Waals surface area contributed by atoms with Gasteiger partial charge in [0.2, 0.25) is 0 Å². The van der Waals surface area contributed by atoms with E-state index in [1.165, 1.54) is 64.0 Å². The fraction of sp³-hybridized carbons (Fsp3) is 0.107. The summed E-state index contributed by atoms with van der Waals surface area (Å²) in [4.78, 5) is 4.74. The molecule has 0 aliphatic carbocycles. The van der Waals surface area contributed by atoms with E-state index in [4.69, 9.17) is 0 Å². The summed E-state index contributed by atoms with van der Waals surface area (Å²) in [5.74, 6) is 14.7. The molecule has 0 aliphatic heterocycles. The third-order valence-corrected chi connectivity index (χ3v) is 20.4. The van der Waals surface area contributed by atoms with Crippen molar-refractivity contribution in [3.8, 4) is 22.3 Å². The van der Waals surface area contributed by atoms with Gasteiger partial charge in [-0.05, 0) is 0 Å². The Morgan fingerprint density at radius 3 is 0.750 bits per heavy atom. The summed E-state index contributed by atoms with van der Waals surface area (Å²) in [7, 11) is 0. The summed E-state index contributed by atoms with van der Waals surface area (Å²) in [6.07, 6.45) is 0. The quantitative estimate of drug-likeness (QED) is 0.0997. The van der Waals surface area contributed by atoms with Crippen molar-refractivity contribution >= 4 is 91.0 Å². The van der Waals surface area contributed by atoms with Crippen LogP contribution >= 0.6 is 0 Å². The molecule has 0 atom stereocenters. The number of rotatable bonds is 10. The molecule has 9 aromatic carbocycles. The summed E-state index contributed by atoms with van der Waals surface area (Å²) in [6.45, 7) is 0. The molecule has 0 amide bonds. The van der Waals surface area contributed by atoms with Crippen molar-refractivity contribution in [2.75, 3.05) is 9.80 Å². The average Bonchev–Trinajstić information content (AvgIpc) is 3.27. The molecular formula is C56H52Ge2N2. The zero-order valence-corrected chi connectivity index (χ0v) is 39.7. The number of fused-ring (bicyclic) bond motifs is 2. The van der Waals surface area contributed by atoms with Crippen LogP contribution in [0.4, 0.5) is 34.1 Å². The van der Waals surface area contributed by atoms with Crippen LogP contribution in [0.3, 0.4) is 0 Å². The van der Waals surface area contributed by atoms with Crippen LogP contribution in [0.15, 0.2) is 206 Å². The molecule has 0 N–H and O–H groups in total. The van der Waals surface area contributed by atoms with Crippen LogP contribution in [0.2, 0.25) is 34.5 Å². The van der Waals surface area contributed by atoms with Gasteiger partial charge >= 0.3 is 340 Å². The van der Waals surface area contributed by atoms with Gasteiger partial charge < -0.3 is 0 Å². The second-order valence-corrected chi connectivity index (χ2v) is 39.2. The van der Waals surface area contributed by atoms with E-state index in [-0.39, 0.29) is 0 Å². The van der Waals surface area contributed by atoms with Crippen molar-refractivity contribution in [3.05, 3.63) is 206 Å². The Morgan fingerprint density at radius 2 is 0.483 bits per heavy atom. The van der Waals surface area contributed by atoms with Crippen molar-refractivity contribution in [2.45, 2.75) is 34.5 Å². The standard InChI is InChI=1S/C56H52Ge2N2/c1-57(2,3)43-29-37-49(38-30-43)59(45-17-9-7-10-18-45)47-33-25-41(26-34-47)55-51-21-13-15-23-53(51)56(54-24-16-14-22-52(54)55)42-27-35-48(36-28-42)60(46-19-11-8-12-20-46)50-39-31-44(32-40-50)58(4,5)6/h7-40H,1-6H3. The van der Waals surface area contributed by atoms with Crippen LogP contribution in [-0.2, 0) is 0 Å². The minimum absolute atomic E-state index is 1.14. The molecule has 9 aromatic rings. The molecule has 0 bridgehead atoms. The first-order valence-corrected chi connectivity index (χ1v) is 35.8. The van der Waals surface area contributed by atoms with Gasteiger partial charge in [-0.1, -0.05) is 24.3 Å². The third-order valence-electron chi connectivity index (χ3n) is 11.8. The monoisotopic (exact) mass is 900 g/mol. The summed E-state index contributed by atoms with van der Waals surface area (Å²) in [6, 6.07) is 76.3. The Morgan fingerprint density at radius 1 is 0.250 bits per heavy atom. The van der Waals surface area contributed by atoms with Crippen LogP contribution in [0.5, 0.6) is 0 Å². The molecule has 0 saturated heterocycles. The molecule has 60 heavy (non-hydrogen) atoms. The number of benzene rings is 9. The molecule has 0 spiro atoms. The van der Waals surface area contributed by atoms with Gasteiger partial charge in [-0.25, -0.2) is 0 Å². The van der Waals surface area contributed by atoms with Gasteiger partial charge in [0.05, 0.1) is 0 Å². The Hall–Kier alpha value is -5.81. The first kappa shape index (κ1) is 39.6. The van der Waals surface area contributed by atoms with Crippen LogP contribution in [0.1, 0.15) is 0 Å². The Bertz CT molecular complexity index is 2630. The molecule has 9 rings (SSSR count). The summed E-state index contributed by atoms with van der Waals surface area (Å²) in [5.41, 5.74) is 11.8. The fourth-order valence-corrected chi connectivity index (χ4v) is 13.5. The molecule has 0 unspecified atom stereocenters. The van der Waals surface area contributed by atoms with E-state index in [2.05, 4.69) is 251 Å². The van der Waals surface area contributed by atoms with Crippen molar-refractivity contribution in [1.29, 1.82) is 0 Å². The zero-order chi connectivity index (χ0) is 41.4. The van der Waals surface area contributed by atoms with Crippen LogP contribution in [0.25, 0.3) is 43.8 Å². The number of anilines is 6. The Balaban J connectivity index is 1.13. The second-order valence-electron chi connectivity index (χ2n) is 17.9. The van der Waals surface area contributed by atoms with Crippen molar-refractivity contribution in [3.63, 3.8) is 0 Å². The van der Waals surface area contributed by atoms with Gasteiger partial charge in [-0.15, -0.1) is 0 Å². The zero-order valence-electron chi connectivity index (χ0n) is 35.5. The van der Waals surface area contributed by atoms with Gasteiger partial charge in [-0.3, -0.25) is 0 Å². The van der Waals surface area contributed by atoms with Gasteiger partial charge in [0.25, 0.3) is 0 Å². The van der Waals surface area contributed by atoms with E-state index in [1.54, 1.807) is 0 Å². The Kier molecular flexibility index (Phi) is 10.8. The molecule has 4 heteroatoms. The van der Waals surface area contributed by atoms with E-state index >= 15 is 0 Å². The average molecular weight is 898 g/mol. The van der Waals surface area contributed by atoms with E-state index in [0.29, 0.717) is 0 Å². The van der Waals surface area contributed by atoms with E-state index < -0.39 is 26.5 Å². The first-order valence-electron chi connectivity index (χ1n) is 21.1. The number of nitrogens with zero attached hydrogens (tertiary/aromatic N) is 2. The summed E-state index contributed by atoms with van der Waals surface area (Å²) in [5, 5.41) is 5.00. The SMILES string of the molecule is [CH3][Ge]([CH3])([CH3])[c]1ccc(N(c2ccccc2)c2ccc(-c3c4ccccc4c(-c4ccc(N(c5ccccc5)c5cc[c]([Ge]([CH3])([CH3])[CH3])cc5)cc4)c4ccccc34)cc2)cc1. The fourth-order valence-electron chi connectivity index (χ4n) is 8.57. The van der Waals surface area contributed by atoms with Gasteiger partial charge in [-0.2, -0.15) is 0 Å². The predicted molar refractivity (Wildman–Crippen MR) is 268 cm³/mol. The van der Waals surface area contributed by atoms with Crippen LogP contribution in [0, 0.1) is 0 Å². The predicted octanol–water partition coefficient (Wildman–Crippen LogP) is 15.4. The molecule has 0 fully saturated rings.